The van der Waals surface area contributed by atoms with E-state index in [9.17, 15) is 9.59 Å². The Balaban J connectivity index is 1.62. The fourth-order valence-electron chi connectivity index (χ4n) is 2.74. The van der Waals surface area contributed by atoms with Gasteiger partial charge in [-0.05, 0) is 30.7 Å². The van der Waals surface area contributed by atoms with E-state index in [0.717, 1.165) is 5.69 Å². The van der Waals surface area contributed by atoms with E-state index in [1.165, 1.54) is 7.11 Å². The fourth-order valence-corrected chi connectivity index (χ4v) is 2.74. The summed E-state index contributed by atoms with van der Waals surface area (Å²) in [6.07, 6.45) is 0.576. The number of rotatable bonds is 4. The van der Waals surface area contributed by atoms with Crippen molar-refractivity contribution in [2.24, 2.45) is 0 Å². The number of methoxy groups -OCH3 is 1. The molecule has 1 heterocycles. The molecule has 1 aliphatic rings. The van der Waals surface area contributed by atoms with Gasteiger partial charge in [-0.2, -0.15) is 0 Å². The van der Waals surface area contributed by atoms with E-state index >= 15 is 0 Å². The normalized spacial score (nSPS) is 16.8. The molecule has 124 valence electrons. The number of carbonyl (C=O) groups is 2. The molecule has 2 aromatic carbocycles. The van der Waals surface area contributed by atoms with Crippen molar-refractivity contribution in [1.29, 1.82) is 0 Å². The van der Waals surface area contributed by atoms with Gasteiger partial charge in [0.1, 0.15) is 11.8 Å². The summed E-state index contributed by atoms with van der Waals surface area (Å²) < 4.78 is 5.19. The summed E-state index contributed by atoms with van der Waals surface area (Å²) in [4.78, 5) is 26.3. The Kier molecular flexibility index (Phi) is 4.65. The third-order valence-electron chi connectivity index (χ3n) is 3.93. The van der Waals surface area contributed by atoms with E-state index in [0.29, 0.717) is 24.4 Å². The van der Waals surface area contributed by atoms with Crippen LogP contribution in [0.15, 0.2) is 54.6 Å². The van der Waals surface area contributed by atoms with Gasteiger partial charge in [0, 0.05) is 12.2 Å². The molecule has 3 amide bonds. The van der Waals surface area contributed by atoms with Crippen LogP contribution in [0.3, 0.4) is 0 Å². The molecule has 0 bridgehead atoms. The number of carbonyl (C=O) groups excluding carboxylic acids is 2. The van der Waals surface area contributed by atoms with Crippen LogP contribution in [-0.2, 0) is 4.79 Å². The first-order chi connectivity index (χ1) is 11.7. The Bertz CT molecular complexity index is 733. The van der Waals surface area contributed by atoms with Crippen LogP contribution in [0.4, 0.5) is 16.2 Å². The van der Waals surface area contributed by atoms with E-state index in [4.69, 9.17) is 4.74 Å². The quantitative estimate of drug-likeness (QED) is 0.908. The smallest absolute Gasteiger partial charge is 0.319 e. The number of nitrogens with one attached hydrogen (secondary N) is 2. The number of nitrogens with zero attached hydrogens (tertiary/aromatic N) is 1. The zero-order chi connectivity index (χ0) is 16.9. The summed E-state index contributed by atoms with van der Waals surface area (Å²) in [6.45, 7) is 0.586. The number of amides is 3. The van der Waals surface area contributed by atoms with Crippen molar-refractivity contribution < 1.29 is 14.3 Å². The van der Waals surface area contributed by atoms with Gasteiger partial charge < -0.3 is 20.3 Å². The second-order valence-electron chi connectivity index (χ2n) is 5.47. The Labute approximate surface area is 140 Å². The molecule has 6 nitrogen and oxygen atoms in total. The molecule has 2 N–H and O–H groups in total. The van der Waals surface area contributed by atoms with E-state index < -0.39 is 12.1 Å². The predicted octanol–water partition coefficient (Wildman–Crippen LogP) is 2.62. The lowest BCUT2D eigenvalue weighted by molar-refractivity contribution is -0.118. The number of para-hydroxylation sites is 3. The van der Waals surface area contributed by atoms with Crippen LogP contribution in [0, 0.1) is 0 Å². The summed E-state index contributed by atoms with van der Waals surface area (Å²) in [5.41, 5.74) is 1.40. The minimum absolute atomic E-state index is 0.101. The lowest BCUT2D eigenvalue weighted by Crippen LogP contribution is -2.43. The summed E-state index contributed by atoms with van der Waals surface area (Å²) in [7, 11) is 1.54. The van der Waals surface area contributed by atoms with Crippen molar-refractivity contribution in [3.05, 3.63) is 54.6 Å². The van der Waals surface area contributed by atoms with Crippen molar-refractivity contribution in [3.63, 3.8) is 0 Å². The number of benzene rings is 2. The summed E-state index contributed by atoms with van der Waals surface area (Å²) in [5, 5.41) is 5.45. The first kappa shape index (κ1) is 15.9. The highest BCUT2D eigenvalue weighted by Gasteiger charge is 2.33. The third-order valence-corrected chi connectivity index (χ3v) is 3.93. The van der Waals surface area contributed by atoms with E-state index in [1.54, 1.807) is 23.1 Å². The van der Waals surface area contributed by atoms with Crippen LogP contribution < -0.4 is 20.3 Å². The SMILES string of the molecule is COc1ccccc1NC(=O)NC1CCN(c2ccccc2)C1=O. The average molecular weight is 325 g/mol. The number of hydrogen-bond donors (Lipinski definition) is 2. The van der Waals surface area contributed by atoms with Crippen molar-refractivity contribution in [3.8, 4) is 5.75 Å². The lowest BCUT2D eigenvalue weighted by Gasteiger charge is -2.17. The van der Waals surface area contributed by atoms with Gasteiger partial charge in [0.2, 0.25) is 5.91 Å². The Morgan fingerprint density at radius 1 is 1.12 bits per heavy atom. The number of ether oxygens (including phenoxy) is 1. The molecule has 0 radical (unpaired) electrons. The molecule has 1 saturated heterocycles. The molecule has 3 rings (SSSR count). The highest BCUT2D eigenvalue weighted by Crippen LogP contribution is 2.24. The Morgan fingerprint density at radius 2 is 1.83 bits per heavy atom. The minimum Gasteiger partial charge on any atom is -0.495 e. The van der Waals surface area contributed by atoms with Gasteiger partial charge in [-0.3, -0.25) is 4.79 Å². The van der Waals surface area contributed by atoms with Crippen LogP contribution in [0.1, 0.15) is 6.42 Å². The first-order valence-electron chi connectivity index (χ1n) is 7.76. The fraction of sp³-hybridized carbons (Fsp3) is 0.222. The largest absolute Gasteiger partial charge is 0.495 e. The van der Waals surface area contributed by atoms with Gasteiger partial charge in [0.25, 0.3) is 0 Å². The van der Waals surface area contributed by atoms with Crippen molar-refractivity contribution in [2.45, 2.75) is 12.5 Å². The lowest BCUT2D eigenvalue weighted by atomic mass is 10.2. The molecule has 1 unspecified atom stereocenters. The number of anilines is 2. The van der Waals surface area contributed by atoms with Crippen molar-refractivity contribution >= 4 is 23.3 Å². The molecular weight excluding hydrogens is 306 g/mol. The summed E-state index contributed by atoms with van der Waals surface area (Å²) in [6, 6.07) is 15.6. The minimum atomic E-state index is -0.528. The third kappa shape index (κ3) is 3.32. The van der Waals surface area contributed by atoms with Crippen LogP contribution >= 0.6 is 0 Å². The summed E-state index contributed by atoms with van der Waals surface area (Å²) >= 11 is 0. The molecule has 1 aliphatic heterocycles. The monoisotopic (exact) mass is 325 g/mol. The highest BCUT2D eigenvalue weighted by molar-refractivity contribution is 6.02. The van der Waals surface area contributed by atoms with Crippen LogP contribution in [0.2, 0.25) is 0 Å². The van der Waals surface area contributed by atoms with Crippen LogP contribution in [-0.4, -0.2) is 31.6 Å². The molecule has 2 aromatic rings. The summed E-state index contributed by atoms with van der Waals surface area (Å²) in [5.74, 6) is 0.465. The zero-order valence-corrected chi connectivity index (χ0v) is 13.4. The maximum absolute atomic E-state index is 12.5. The maximum Gasteiger partial charge on any atom is 0.319 e. The molecule has 1 atom stereocenters. The number of urea groups is 1. The first-order valence-corrected chi connectivity index (χ1v) is 7.76. The predicted molar refractivity (Wildman–Crippen MR) is 92.3 cm³/mol. The molecule has 6 heteroatoms. The highest BCUT2D eigenvalue weighted by atomic mass is 16.5. The topological polar surface area (TPSA) is 70.7 Å². The van der Waals surface area contributed by atoms with Crippen LogP contribution in [0.5, 0.6) is 5.75 Å². The van der Waals surface area contributed by atoms with Gasteiger partial charge >= 0.3 is 6.03 Å². The van der Waals surface area contributed by atoms with E-state index in [-0.39, 0.29) is 5.91 Å². The van der Waals surface area contributed by atoms with Gasteiger partial charge in [-0.1, -0.05) is 30.3 Å². The molecule has 0 spiro atoms. The van der Waals surface area contributed by atoms with Gasteiger partial charge in [-0.25, -0.2) is 4.79 Å². The van der Waals surface area contributed by atoms with Gasteiger partial charge in [-0.15, -0.1) is 0 Å². The van der Waals surface area contributed by atoms with Crippen LogP contribution in [0.25, 0.3) is 0 Å². The molecule has 24 heavy (non-hydrogen) atoms. The average Bonchev–Trinajstić information content (AvgIpc) is 2.97. The Hall–Kier alpha value is -3.02. The van der Waals surface area contributed by atoms with Crippen molar-refractivity contribution in [2.75, 3.05) is 23.9 Å². The molecule has 1 fully saturated rings. The van der Waals surface area contributed by atoms with Crippen molar-refractivity contribution in [1.82, 2.24) is 5.32 Å². The second-order valence-corrected chi connectivity index (χ2v) is 5.47. The number of hydrogen-bond acceptors (Lipinski definition) is 3. The Morgan fingerprint density at radius 3 is 2.58 bits per heavy atom. The maximum atomic E-state index is 12.5. The molecule has 0 aliphatic carbocycles. The zero-order valence-electron chi connectivity index (χ0n) is 13.4. The molecule has 0 aromatic heterocycles. The van der Waals surface area contributed by atoms with E-state index in [1.807, 2.05) is 36.4 Å². The van der Waals surface area contributed by atoms with E-state index in [2.05, 4.69) is 10.6 Å². The molecular formula is C18H19N3O3. The van der Waals surface area contributed by atoms with Gasteiger partial charge in [0.05, 0.1) is 12.8 Å². The second kappa shape index (κ2) is 7.04. The van der Waals surface area contributed by atoms with Gasteiger partial charge in [0.15, 0.2) is 0 Å². The molecule has 0 saturated carbocycles. The standard InChI is InChI=1S/C18H19N3O3/c1-24-16-10-6-5-9-14(16)19-18(23)20-15-11-12-21(17(15)22)13-7-3-2-4-8-13/h2-10,15H,11-12H2,1H3,(H2,19,20,23).